The van der Waals surface area contributed by atoms with E-state index >= 15 is 0 Å². The van der Waals surface area contributed by atoms with Crippen molar-refractivity contribution in [2.75, 3.05) is 5.32 Å². The van der Waals surface area contributed by atoms with Crippen LogP contribution in [0.3, 0.4) is 0 Å². The Morgan fingerprint density at radius 3 is 2.24 bits per heavy atom. The van der Waals surface area contributed by atoms with E-state index in [1.165, 1.54) is 18.3 Å². The van der Waals surface area contributed by atoms with Crippen LogP contribution in [0.5, 0.6) is 0 Å². The highest BCUT2D eigenvalue weighted by Gasteiger charge is 2.23. The van der Waals surface area contributed by atoms with Gasteiger partial charge in [0.1, 0.15) is 5.00 Å². The van der Waals surface area contributed by atoms with Crippen LogP contribution in [0, 0.1) is 6.92 Å². The van der Waals surface area contributed by atoms with Crippen LogP contribution in [-0.4, -0.2) is 17.7 Å². The highest BCUT2D eigenvalue weighted by molar-refractivity contribution is 7.17. The number of carbonyl (C=O) groups excluding carboxylic acids is 3. The average molecular weight is 407 g/mol. The maximum absolute atomic E-state index is 12.7. The molecule has 3 rings (SSSR count). The number of benzene rings is 2. The van der Waals surface area contributed by atoms with Gasteiger partial charge in [0.05, 0.1) is 5.56 Å². The maximum Gasteiger partial charge on any atom is 0.256 e. The quantitative estimate of drug-likeness (QED) is 0.580. The third kappa shape index (κ3) is 4.70. The molecule has 0 fully saturated rings. The van der Waals surface area contributed by atoms with Gasteiger partial charge in [-0.1, -0.05) is 42.5 Å². The molecule has 0 atom stereocenters. The molecule has 0 spiro atoms. The van der Waals surface area contributed by atoms with Crippen LogP contribution in [0.1, 0.15) is 38.1 Å². The Bertz CT molecular complexity index is 1060. The van der Waals surface area contributed by atoms with Gasteiger partial charge in [0.25, 0.3) is 11.8 Å². The number of thiophene rings is 1. The first-order valence-corrected chi connectivity index (χ1v) is 9.81. The minimum absolute atomic E-state index is 0.118. The zero-order valence-corrected chi connectivity index (χ0v) is 16.9. The van der Waals surface area contributed by atoms with E-state index in [9.17, 15) is 14.4 Å². The summed E-state index contributed by atoms with van der Waals surface area (Å²) in [6, 6.07) is 16.4. The van der Waals surface area contributed by atoms with Gasteiger partial charge in [-0.05, 0) is 30.2 Å². The molecule has 4 N–H and O–H groups in total. The van der Waals surface area contributed by atoms with Crippen molar-refractivity contribution in [2.24, 2.45) is 5.73 Å². The molecule has 0 aliphatic rings. The van der Waals surface area contributed by atoms with E-state index in [2.05, 4.69) is 10.6 Å². The second kappa shape index (κ2) is 8.70. The van der Waals surface area contributed by atoms with Gasteiger partial charge in [0, 0.05) is 29.5 Å². The van der Waals surface area contributed by atoms with Gasteiger partial charge >= 0.3 is 0 Å². The molecule has 3 aromatic rings. The van der Waals surface area contributed by atoms with Crippen molar-refractivity contribution in [3.63, 3.8) is 0 Å². The summed E-state index contributed by atoms with van der Waals surface area (Å²) in [5.41, 5.74) is 8.89. The van der Waals surface area contributed by atoms with Gasteiger partial charge < -0.3 is 16.4 Å². The zero-order chi connectivity index (χ0) is 21.0. The molecule has 2 aromatic carbocycles. The van der Waals surface area contributed by atoms with Crippen molar-refractivity contribution in [2.45, 2.75) is 20.4 Å². The van der Waals surface area contributed by atoms with Crippen LogP contribution in [0.15, 0.2) is 54.6 Å². The van der Waals surface area contributed by atoms with Crippen molar-refractivity contribution in [3.8, 4) is 11.1 Å². The van der Waals surface area contributed by atoms with Crippen LogP contribution in [-0.2, 0) is 11.3 Å². The SMILES string of the molecule is CC(=O)NCc1ccc(C(=O)Nc2sc(C)c(-c3ccccc3)c2C(N)=O)cc1. The molecule has 6 nitrogen and oxygen atoms in total. The van der Waals surface area contributed by atoms with Crippen molar-refractivity contribution in [3.05, 3.63) is 76.2 Å². The lowest BCUT2D eigenvalue weighted by atomic mass is 10.0. The molecule has 0 aliphatic heterocycles. The molecule has 3 amide bonds. The molecule has 7 heteroatoms. The lowest BCUT2D eigenvalue weighted by molar-refractivity contribution is -0.119. The van der Waals surface area contributed by atoms with Gasteiger partial charge in [-0.15, -0.1) is 11.3 Å². The predicted molar refractivity (Wildman–Crippen MR) is 115 cm³/mol. The van der Waals surface area contributed by atoms with Crippen LogP contribution in [0.2, 0.25) is 0 Å². The monoisotopic (exact) mass is 407 g/mol. The molecule has 0 aliphatic carbocycles. The third-order valence-electron chi connectivity index (χ3n) is 4.38. The summed E-state index contributed by atoms with van der Waals surface area (Å²) in [5, 5.41) is 5.96. The number of hydrogen-bond donors (Lipinski definition) is 3. The van der Waals surface area contributed by atoms with Crippen molar-refractivity contribution < 1.29 is 14.4 Å². The minimum atomic E-state index is -0.589. The van der Waals surface area contributed by atoms with Crippen molar-refractivity contribution in [1.29, 1.82) is 0 Å². The van der Waals surface area contributed by atoms with E-state index < -0.39 is 5.91 Å². The highest BCUT2D eigenvalue weighted by atomic mass is 32.1. The fraction of sp³-hybridized carbons (Fsp3) is 0.136. The molecule has 0 saturated carbocycles. The molecule has 148 valence electrons. The summed E-state index contributed by atoms with van der Waals surface area (Å²) >= 11 is 1.32. The smallest absolute Gasteiger partial charge is 0.256 e. The number of carbonyl (C=O) groups is 3. The molecule has 0 radical (unpaired) electrons. The van der Waals surface area contributed by atoms with Gasteiger partial charge in [0.2, 0.25) is 5.91 Å². The molecule has 29 heavy (non-hydrogen) atoms. The minimum Gasteiger partial charge on any atom is -0.365 e. The molecule has 0 unspecified atom stereocenters. The molecular weight excluding hydrogens is 386 g/mol. The second-order valence-corrected chi connectivity index (χ2v) is 7.75. The Morgan fingerprint density at radius 1 is 1.00 bits per heavy atom. The van der Waals surface area contributed by atoms with Gasteiger partial charge in [-0.25, -0.2) is 0 Å². The molecular formula is C22H21N3O3S. The fourth-order valence-electron chi connectivity index (χ4n) is 3.00. The van der Waals surface area contributed by atoms with E-state index in [0.29, 0.717) is 22.7 Å². The summed E-state index contributed by atoms with van der Waals surface area (Å²) < 4.78 is 0. The number of amides is 3. The average Bonchev–Trinajstić information content (AvgIpc) is 3.03. The summed E-state index contributed by atoms with van der Waals surface area (Å²) in [4.78, 5) is 36.8. The first-order chi connectivity index (χ1) is 13.9. The number of primary amides is 1. The second-order valence-electron chi connectivity index (χ2n) is 6.53. The zero-order valence-electron chi connectivity index (χ0n) is 16.1. The van der Waals surface area contributed by atoms with E-state index in [0.717, 1.165) is 21.6 Å². The number of hydrogen-bond acceptors (Lipinski definition) is 4. The largest absolute Gasteiger partial charge is 0.365 e. The fourth-order valence-corrected chi connectivity index (χ4v) is 4.07. The van der Waals surface area contributed by atoms with Crippen LogP contribution in [0.4, 0.5) is 5.00 Å². The van der Waals surface area contributed by atoms with Gasteiger partial charge in [-0.3, -0.25) is 14.4 Å². The highest BCUT2D eigenvalue weighted by Crippen LogP contribution is 2.39. The van der Waals surface area contributed by atoms with E-state index in [1.807, 2.05) is 37.3 Å². The van der Waals surface area contributed by atoms with Crippen LogP contribution in [0.25, 0.3) is 11.1 Å². The molecule has 0 saturated heterocycles. The van der Waals surface area contributed by atoms with E-state index in [4.69, 9.17) is 5.73 Å². The lowest BCUT2D eigenvalue weighted by Gasteiger charge is -2.08. The standard InChI is InChI=1S/C22H21N3O3S/c1-13-18(16-6-4-3-5-7-16)19(20(23)27)22(29-13)25-21(28)17-10-8-15(9-11-17)12-24-14(2)26/h3-11H,12H2,1-2H3,(H2,23,27)(H,24,26)(H,25,28). The summed E-state index contributed by atoms with van der Waals surface area (Å²) in [7, 11) is 0. The van der Waals surface area contributed by atoms with Crippen molar-refractivity contribution in [1.82, 2.24) is 5.32 Å². The van der Waals surface area contributed by atoms with Crippen molar-refractivity contribution >= 4 is 34.1 Å². The van der Waals surface area contributed by atoms with E-state index in [1.54, 1.807) is 24.3 Å². The first-order valence-electron chi connectivity index (χ1n) is 9.00. The molecule has 0 bridgehead atoms. The topological polar surface area (TPSA) is 101 Å². The Balaban J connectivity index is 1.85. The van der Waals surface area contributed by atoms with Gasteiger partial charge in [-0.2, -0.15) is 0 Å². The predicted octanol–water partition coefficient (Wildman–Crippen LogP) is 3.71. The number of aryl methyl sites for hydroxylation is 1. The molecule has 1 aromatic heterocycles. The lowest BCUT2D eigenvalue weighted by Crippen LogP contribution is -2.19. The first kappa shape index (κ1) is 20.3. The summed E-state index contributed by atoms with van der Waals surface area (Å²) in [6.45, 7) is 3.74. The summed E-state index contributed by atoms with van der Waals surface area (Å²) in [5.74, 6) is -1.04. The Kier molecular flexibility index (Phi) is 6.09. The normalized spacial score (nSPS) is 10.4. The van der Waals surface area contributed by atoms with Gasteiger partial charge in [0.15, 0.2) is 0 Å². The van der Waals surface area contributed by atoms with Crippen LogP contribution < -0.4 is 16.4 Å². The summed E-state index contributed by atoms with van der Waals surface area (Å²) in [6.07, 6.45) is 0. The third-order valence-corrected chi connectivity index (χ3v) is 5.40. The Labute approximate surface area is 172 Å². The molecule has 1 heterocycles. The number of anilines is 1. The Morgan fingerprint density at radius 2 is 1.66 bits per heavy atom. The maximum atomic E-state index is 12.7. The number of nitrogens with two attached hydrogens (primary N) is 1. The number of nitrogens with one attached hydrogen (secondary N) is 2. The van der Waals surface area contributed by atoms with E-state index in [-0.39, 0.29) is 11.8 Å². The number of rotatable bonds is 6. The Hall–Kier alpha value is -3.45. The van der Waals surface area contributed by atoms with Crippen LogP contribution >= 0.6 is 11.3 Å².